The number of nitrogens with zero attached hydrogens (tertiary/aromatic N) is 1. The van der Waals surface area contributed by atoms with Gasteiger partial charge in [-0.05, 0) is 55.4 Å². The maximum Gasteiger partial charge on any atom is 0.269 e. The van der Waals surface area contributed by atoms with E-state index in [1.807, 2.05) is 13.0 Å². The van der Waals surface area contributed by atoms with Gasteiger partial charge < -0.3 is 10.6 Å². The number of hydrogen-bond acceptors (Lipinski definition) is 3. The highest BCUT2D eigenvalue weighted by molar-refractivity contribution is 7.80. The number of nitro groups is 1. The van der Waals surface area contributed by atoms with Crippen molar-refractivity contribution < 1.29 is 4.92 Å². The Hall–Kier alpha value is -2.18. The minimum absolute atomic E-state index is 0.0487. The van der Waals surface area contributed by atoms with Crippen molar-refractivity contribution in [3.05, 3.63) is 62.7 Å². The Kier molecular flexibility index (Phi) is 4.95. The average Bonchev–Trinajstić information content (AvgIpc) is 2.45. The van der Waals surface area contributed by atoms with Gasteiger partial charge in [-0.3, -0.25) is 10.1 Å². The van der Waals surface area contributed by atoms with E-state index in [2.05, 4.69) is 10.6 Å². The number of benzene rings is 2. The number of non-ortho nitro benzene ring substituents is 1. The number of nitro benzene ring substituents is 1. The van der Waals surface area contributed by atoms with Gasteiger partial charge in [0.05, 0.1) is 4.92 Å². The van der Waals surface area contributed by atoms with Gasteiger partial charge in [0.25, 0.3) is 5.69 Å². The van der Waals surface area contributed by atoms with Gasteiger partial charge in [0, 0.05) is 28.5 Å². The molecule has 0 bridgehead atoms. The quantitative estimate of drug-likeness (QED) is 0.484. The number of nitrogens with one attached hydrogen (secondary N) is 2. The fourth-order valence-electron chi connectivity index (χ4n) is 1.91. The Labute approximate surface area is 138 Å². The first-order valence-corrected chi connectivity index (χ1v) is 7.24. The fourth-order valence-corrected chi connectivity index (χ4v) is 2.30. The molecule has 22 heavy (non-hydrogen) atoms. The molecule has 0 saturated heterocycles. The number of anilines is 2. The van der Waals surface area contributed by atoms with E-state index >= 15 is 0 Å². The molecule has 0 saturated carbocycles. The molecule has 0 aliphatic rings. The monoisotopic (exact) mass is 335 g/mol. The molecule has 0 unspecified atom stereocenters. The third-order valence-electron chi connectivity index (χ3n) is 3.12. The second-order valence-electron chi connectivity index (χ2n) is 4.79. The molecule has 0 aromatic heterocycles. The molecule has 0 spiro atoms. The van der Waals surface area contributed by atoms with Crippen molar-refractivity contribution in [2.75, 3.05) is 10.6 Å². The van der Waals surface area contributed by atoms with Crippen LogP contribution in [0.5, 0.6) is 0 Å². The number of hydrogen-bond donors (Lipinski definition) is 2. The maximum atomic E-state index is 10.7. The van der Waals surface area contributed by atoms with Crippen molar-refractivity contribution in [3.8, 4) is 0 Å². The van der Waals surface area contributed by atoms with Crippen LogP contribution < -0.4 is 10.6 Å². The second kappa shape index (κ2) is 6.72. The Bertz CT molecular complexity index is 750. The van der Waals surface area contributed by atoms with Crippen molar-refractivity contribution in [2.45, 2.75) is 13.8 Å². The van der Waals surface area contributed by atoms with Crippen LogP contribution >= 0.6 is 23.8 Å². The summed E-state index contributed by atoms with van der Waals surface area (Å²) in [7, 11) is 0. The summed E-state index contributed by atoms with van der Waals surface area (Å²) in [6, 6.07) is 10.0. The van der Waals surface area contributed by atoms with Gasteiger partial charge in [0.1, 0.15) is 0 Å². The first kappa shape index (κ1) is 16.2. The van der Waals surface area contributed by atoms with E-state index in [0.717, 1.165) is 16.8 Å². The molecular formula is C15H14ClN3O2S. The summed E-state index contributed by atoms with van der Waals surface area (Å²) < 4.78 is 0. The third-order valence-corrected chi connectivity index (χ3v) is 3.56. The van der Waals surface area contributed by atoms with Gasteiger partial charge in [-0.25, -0.2) is 0 Å². The zero-order valence-electron chi connectivity index (χ0n) is 12.0. The molecule has 5 nitrogen and oxygen atoms in total. The molecule has 2 rings (SSSR count). The molecule has 0 aliphatic heterocycles. The molecule has 0 heterocycles. The Balaban J connectivity index is 2.12. The van der Waals surface area contributed by atoms with E-state index in [-0.39, 0.29) is 5.69 Å². The Morgan fingerprint density at radius 2 is 1.77 bits per heavy atom. The lowest BCUT2D eigenvalue weighted by Crippen LogP contribution is -2.20. The standard InChI is InChI=1S/C15H14ClN3O2S/c1-9-3-4-11(16)8-14(9)18-15(22)17-13-6-5-12(19(20)21)7-10(13)2/h3-8H,1-2H3,(H2,17,18,22). The second-order valence-corrected chi connectivity index (χ2v) is 5.64. The minimum Gasteiger partial charge on any atom is -0.332 e. The summed E-state index contributed by atoms with van der Waals surface area (Å²) >= 11 is 11.2. The van der Waals surface area contributed by atoms with Crippen LogP contribution in [0.25, 0.3) is 0 Å². The topological polar surface area (TPSA) is 67.2 Å². The molecule has 2 aromatic rings. The number of aryl methyl sites for hydroxylation is 2. The van der Waals surface area contributed by atoms with Crippen LogP contribution in [0, 0.1) is 24.0 Å². The molecule has 7 heteroatoms. The van der Waals surface area contributed by atoms with Crippen LogP contribution in [-0.2, 0) is 0 Å². The van der Waals surface area contributed by atoms with E-state index in [4.69, 9.17) is 23.8 Å². The summed E-state index contributed by atoms with van der Waals surface area (Å²) in [6.07, 6.45) is 0. The van der Waals surface area contributed by atoms with Gasteiger partial charge in [-0.2, -0.15) is 0 Å². The molecule has 114 valence electrons. The third kappa shape index (κ3) is 3.93. The average molecular weight is 336 g/mol. The van der Waals surface area contributed by atoms with E-state index in [1.54, 1.807) is 25.1 Å². The van der Waals surface area contributed by atoms with E-state index in [0.29, 0.717) is 15.8 Å². The van der Waals surface area contributed by atoms with Crippen molar-refractivity contribution in [1.29, 1.82) is 0 Å². The smallest absolute Gasteiger partial charge is 0.269 e. The van der Waals surface area contributed by atoms with Gasteiger partial charge >= 0.3 is 0 Å². The zero-order valence-corrected chi connectivity index (χ0v) is 13.6. The molecule has 2 aromatic carbocycles. The van der Waals surface area contributed by atoms with Crippen LogP contribution in [0.1, 0.15) is 11.1 Å². The predicted octanol–water partition coefficient (Wildman–Crippen LogP) is 4.67. The summed E-state index contributed by atoms with van der Waals surface area (Å²) in [5, 5.41) is 17.8. The van der Waals surface area contributed by atoms with Crippen LogP contribution in [0.3, 0.4) is 0 Å². The predicted molar refractivity (Wildman–Crippen MR) is 93.9 cm³/mol. The Morgan fingerprint density at radius 3 is 2.41 bits per heavy atom. The van der Waals surface area contributed by atoms with Crippen molar-refractivity contribution in [2.24, 2.45) is 0 Å². The molecule has 0 aliphatic carbocycles. The van der Waals surface area contributed by atoms with Crippen LogP contribution in [0.2, 0.25) is 5.02 Å². The lowest BCUT2D eigenvalue weighted by Gasteiger charge is -2.14. The number of thiocarbonyl (C=S) groups is 1. The number of halogens is 1. The lowest BCUT2D eigenvalue weighted by atomic mass is 10.2. The number of rotatable bonds is 3. The van der Waals surface area contributed by atoms with E-state index in [1.165, 1.54) is 12.1 Å². The molecule has 0 fully saturated rings. The summed E-state index contributed by atoms with van der Waals surface area (Å²) in [4.78, 5) is 10.3. The van der Waals surface area contributed by atoms with E-state index < -0.39 is 4.92 Å². The molecule has 0 radical (unpaired) electrons. The molecular weight excluding hydrogens is 322 g/mol. The minimum atomic E-state index is -0.428. The van der Waals surface area contributed by atoms with Crippen molar-refractivity contribution in [1.82, 2.24) is 0 Å². The van der Waals surface area contributed by atoms with Gasteiger partial charge in [0.2, 0.25) is 0 Å². The highest BCUT2D eigenvalue weighted by Crippen LogP contribution is 2.23. The SMILES string of the molecule is Cc1cc([N+](=O)[O-])ccc1NC(=S)Nc1cc(Cl)ccc1C. The van der Waals surface area contributed by atoms with Gasteiger partial charge in [0.15, 0.2) is 5.11 Å². The largest absolute Gasteiger partial charge is 0.332 e. The molecule has 2 N–H and O–H groups in total. The highest BCUT2D eigenvalue weighted by Gasteiger charge is 2.09. The normalized spacial score (nSPS) is 10.1. The zero-order chi connectivity index (χ0) is 16.3. The summed E-state index contributed by atoms with van der Waals surface area (Å²) in [6.45, 7) is 3.72. The highest BCUT2D eigenvalue weighted by atomic mass is 35.5. The fraction of sp³-hybridized carbons (Fsp3) is 0.133. The van der Waals surface area contributed by atoms with Gasteiger partial charge in [-0.1, -0.05) is 17.7 Å². The lowest BCUT2D eigenvalue weighted by molar-refractivity contribution is -0.384. The first-order valence-electron chi connectivity index (χ1n) is 6.46. The summed E-state index contributed by atoms with van der Waals surface area (Å²) in [5.74, 6) is 0. The van der Waals surface area contributed by atoms with Gasteiger partial charge in [-0.15, -0.1) is 0 Å². The maximum absolute atomic E-state index is 10.7. The first-order chi connectivity index (χ1) is 10.4. The Morgan fingerprint density at radius 1 is 1.09 bits per heavy atom. The molecule has 0 atom stereocenters. The van der Waals surface area contributed by atoms with Crippen molar-refractivity contribution in [3.63, 3.8) is 0 Å². The van der Waals surface area contributed by atoms with E-state index in [9.17, 15) is 10.1 Å². The van der Waals surface area contributed by atoms with Crippen LogP contribution in [0.4, 0.5) is 17.1 Å². The summed E-state index contributed by atoms with van der Waals surface area (Å²) in [5.41, 5.74) is 3.31. The van der Waals surface area contributed by atoms with Crippen molar-refractivity contribution >= 4 is 46.0 Å². The van der Waals surface area contributed by atoms with Crippen LogP contribution in [0.15, 0.2) is 36.4 Å². The molecule has 0 amide bonds. The van der Waals surface area contributed by atoms with Crippen LogP contribution in [-0.4, -0.2) is 10.0 Å².